The highest BCUT2D eigenvalue weighted by atomic mass is 35.5. The van der Waals surface area contributed by atoms with Gasteiger partial charge in [-0.3, -0.25) is 20.2 Å². The number of nitro groups is 2. The molecule has 0 spiro atoms. The van der Waals surface area contributed by atoms with Crippen LogP contribution in [0.5, 0.6) is 0 Å². The van der Waals surface area contributed by atoms with Gasteiger partial charge < -0.3 is 4.42 Å². The molecule has 0 unspecified atom stereocenters. The van der Waals surface area contributed by atoms with Gasteiger partial charge in [-0.25, -0.2) is 0 Å². The molecular weight excluding hydrogens is 288 g/mol. The van der Waals surface area contributed by atoms with E-state index in [-0.39, 0.29) is 16.5 Å². The molecule has 0 N–H and O–H groups in total. The van der Waals surface area contributed by atoms with Gasteiger partial charge in [0.2, 0.25) is 6.20 Å². The summed E-state index contributed by atoms with van der Waals surface area (Å²) in [6, 6.07) is 7.32. The van der Waals surface area contributed by atoms with Crippen LogP contribution in [0, 0.1) is 20.2 Å². The SMILES string of the molecule is O=[N+]([O-])/C=C\c1ccc(-c2ccc(Cl)c([N+](=O)[O-])c2)o1. The van der Waals surface area contributed by atoms with Crippen LogP contribution in [0.2, 0.25) is 5.02 Å². The summed E-state index contributed by atoms with van der Waals surface area (Å²) in [5.74, 6) is 0.627. The average Bonchev–Trinajstić information content (AvgIpc) is 2.85. The molecule has 2 aromatic rings. The Balaban J connectivity index is 2.35. The number of hydrogen-bond acceptors (Lipinski definition) is 5. The van der Waals surface area contributed by atoms with Crippen molar-refractivity contribution in [3.63, 3.8) is 0 Å². The van der Waals surface area contributed by atoms with Crippen LogP contribution in [0.1, 0.15) is 5.76 Å². The van der Waals surface area contributed by atoms with E-state index in [1.165, 1.54) is 24.3 Å². The fourth-order valence-electron chi connectivity index (χ4n) is 1.54. The van der Waals surface area contributed by atoms with Crippen molar-refractivity contribution in [2.45, 2.75) is 0 Å². The van der Waals surface area contributed by atoms with Gasteiger partial charge in [-0.05, 0) is 24.3 Å². The summed E-state index contributed by atoms with van der Waals surface area (Å²) in [5.41, 5.74) is 0.227. The van der Waals surface area contributed by atoms with Crippen LogP contribution in [0.4, 0.5) is 5.69 Å². The van der Waals surface area contributed by atoms with Gasteiger partial charge >= 0.3 is 0 Å². The molecule has 0 saturated carbocycles. The van der Waals surface area contributed by atoms with Crippen molar-refractivity contribution in [3.8, 4) is 11.3 Å². The molecule has 0 radical (unpaired) electrons. The van der Waals surface area contributed by atoms with Crippen molar-refractivity contribution < 1.29 is 14.3 Å². The third-order valence-corrected chi connectivity index (χ3v) is 2.73. The van der Waals surface area contributed by atoms with Crippen molar-refractivity contribution in [2.24, 2.45) is 0 Å². The summed E-state index contributed by atoms with van der Waals surface area (Å²) in [6.45, 7) is 0. The van der Waals surface area contributed by atoms with Gasteiger partial charge in [0.1, 0.15) is 16.5 Å². The van der Waals surface area contributed by atoms with Crippen molar-refractivity contribution in [3.05, 3.63) is 67.5 Å². The lowest BCUT2D eigenvalue weighted by Gasteiger charge is -1.99. The number of halogens is 1. The number of nitro benzene ring substituents is 1. The maximum absolute atomic E-state index is 10.8. The van der Waals surface area contributed by atoms with Crippen LogP contribution >= 0.6 is 11.6 Å². The summed E-state index contributed by atoms with van der Waals surface area (Å²) in [7, 11) is 0. The molecule has 20 heavy (non-hydrogen) atoms. The lowest BCUT2D eigenvalue weighted by atomic mass is 10.1. The van der Waals surface area contributed by atoms with Crippen molar-refractivity contribution in [2.75, 3.05) is 0 Å². The van der Waals surface area contributed by atoms with E-state index in [2.05, 4.69) is 0 Å². The van der Waals surface area contributed by atoms with E-state index < -0.39 is 9.85 Å². The second-order valence-corrected chi connectivity index (χ2v) is 4.13. The zero-order valence-electron chi connectivity index (χ0n) is 9.86. The largest absolute Gasteiger partial charge is 0.457 e. The smallest absolute Gasteiger partial charge is 0.288 e. The van der Waals surface area contributed by atoms with Crippen LogP contribution < -0.4 is 0 Å². The van der Waals surface area contributed by atoms with Crippen molar-refractivity contribution >= 4 is 23.4 Å². The fourth-order valence-corrected chi connectivity index (χ4v) is 1.72. The second kappa shape index (κ2) is 5.54. The van der Waals surface area contributed by atoms with E-state index in [1.54, 1.807) is 12.1 Å². The molecule has 0 fully saturated rings. The molecule has 1 aromatic carbocycles. The molecule has 0 bridgehead atoms. The highest BCUT2D eigenvalue weighted by Crippen LogP contribution is 2.31. The Labute approximate surface area is 117 Å². The first kappa shape index (κ1) is 13.8. The Morgan fingerprint density at radius 3 is 2.55 bits per heavy atom. The third kappa shape index (κ3) is 3.01. The van der Waals surface area contributed by atoms with Crippen LogP contribution in [-0.2, 0) is 0 Å². The van der Waals surface area contributed by atoms with Crippen LogP contribution in [0.25, 0.3) is 17.4 Å². The number of rotatable bonds is 4. The zero-order chi connectivity index (χ0) is 14.7. The van der Waals surface area contributed by atoms with Crippen LogP contribution in [0.3, 0.4) is 0 Å². The van der Waals surface area contributed by atoms with Gasteiger partial charge in [0.05, 0.1) is 15.9 Å². The lowest BCUT2D eigenvalue weighted by molar-refractivity contribution is -0.401. The molecule has 2 rings (SSSR count). The highest BCUT2D eigenvalue weighted by Gasteiger charge is 2.15. The summed E-state index contributed by atoms with van der Waals surface area (Å²) in [6.07, 6.45) is 1.93. The average molecular weight is 295 g/mol. The standard InChI is InChI=1S/C12H7ClN2O5/c13-10-3-1-8(7-11(10)15(18)19)12-4-2-9(20-12)5-6-14(16)17/h1-7H/b6-5-. The Kier molecular flexibility index (Phi) is 3.81. The molecule has 0 aliphatic rings. The van der Waals surface area contributed by atoms with Gasteiger partial charge in [-0.2, -0.15) is 0 Å². The van der Waals surface area contributed by atoms with Gasteiger partial charge in [0.25, 0.3) is 5.69 Å². The molecule has 0 amide bonds. The van der Waals surface area contributed by atoms with Crippen LogP contribution in [-0.4, -0.2) is 9.85 Å². The molecule has 8 heteroatoms. The number of furan rings is 1. The predicted molar refractivity (Wildman–Crippen MR) is 71.8 cm³/mol. The van der Waals surface area contributed by atoms with E-state index in [0.717, 1.165) is 6.20 Å². The number of benzene rings is 1. The topological polar surface area (TPSA) is 99.4 Å². The second-order valence-electron chi connectivity index (χ2n) is 3.73. The molecule has 0 aliphatic heterocycles. The third-order valence-electron chi connectivity index (χ3n) is 2.41. The van der Waals surface area contributed by atoms with E-state index >= 15 is 0 Å². The Hall–Kier alpha value is -2.67. The maximum atomic E-state index is 10.8. The van der Waals surface area contributed by atoms with E-state index in [4.69, 9.17) is 16.0 Å². The minimum Gasteiger partial charge on any atom is -0.457 e. The summed E-state index contributed by atoms with van der Waals surface area (Å²) >= 11 is 5.71. The quantitative estimate of drug-likeness (QED) is 0.631. The predicted octanol–water partition coefficient (Wildman–Crippen LogP) is 3.76. The fraction of sp³-hybridized carbons (Fsp3) is 0. The molecule has 0 atom stereocenters. The maximum Gasteiger partial charge on any atom is 0.288 e. The minimum atomic E-state index is -0.616. The summed E-state index contributed by atoms with van der Waals surface area (Å²) in [5, 5.41) is 21.0. The Morgan fingerprint density at radius 2 is 1.90 bits per heavy atom. The Bertz CT molecular complexity index is 708. The van der Waals surface area contributed by atoms with E-state index in [9.17, 15) is 20.2 Å². The molecule has 1 aromatic heterocycles. The molecule has 0 aliphatic carbocycles. The number of nitrogens with zero attached hydrogens (tertiary/aromatic N) is 2. The Morgan fingerprint density at radius 1 is 1.15 bits per heavy atom. The molecule has 0 saturated heterocycles. The van der Waals surface area contributed by atoms with E-state index in [1.807, 2.05) is 0 Å². The van der Waals surface area contributed by atoms with Gasteiger partial charge in [0, 0.05) is 11.6 Å². The molecular formula is C12H7ClN2O5. The van der Waals surface area contributed by atoms with Crippen LogP contribution in [0.15, 0.2) is 40.9 Å². The first-order chi connectivity index (χ1) is 9.47. The van der Waals surface area contributed by atoms with Gasteiger partial charge in [-0.15, -0.1) is 0 Å². The van der Waals surface area contributed by atoms with Crippen molar-refractivity contribution in [1.82, 2.24) is 0 Å². The first-order valence-corrected chi connectivity index (χ1v) is 5.71. The zero-order valence-corrected chi connectivity index (χ0v) is 10.6. The summed E-state index contributed by atoms with van der Waals surface area (Å²) < 4.78 is 5.34. The highest BCUT2D eigenvalue weighted by molar-refractivity contribution is 6.32. The monoisotopic (exact) mass is 294 g/mol. The first-order valence-electron chi connectivity index (χ1n) is 5.33. The lowest BCUT2D eigenvalue weighted by Crippen LogP contribution is -1.89. The molecule has 102 valence electrons. The molecule has 1 heterocycles. The van der Waals surface area contributed by atoms with E-state index in [0.29, 0.717) is 11.3 Å². The van der Waals surface area contributed by atoms with Crippen molar-refractivity contribution in [1.29, 1.82) is 0 Å². The molecule has 7 nitrogen and oxygen atoms in total. The minimum absolute atomic E-state index is 0.0266. The summed E-state index contributed by atoms with van der Waals surface area (Å²) in [4.78, 5) is 19.8. The van der Waals surface area contributed by atoms with Gasteiger partial charge in [0.15, 0.2) is 0 Å². The normalized spacial score (nSPS) is 10.8. The number of hydrogen-bond donors (Lipinski definition) is 0. The van der Waals surface area contributed by atoms with Gasteiger partial charge in [-0.1, -0.05) is 11.6 Å².